The number of carbonyl (C=O) groups is 1. The van der Waals surface area contributed by atoms with Crippen molar-refractivity contribution in [2.75, 3.05) is 18.4 Å². The van der Waals surface area contributed by atoms with Gasteiger partial charge in [-0.15, -0.1) is 0 Å². The predicted molar refractivity (Wildman–Crippen MR) is 70.4 cm³/mol. The Morgan fingerprint density at radius 3 is 3.06 bits per heavy atom. The Kier molecular flexibility index (Phi) is 4.36. The molecule has 0 spiro atoms. The van der Waals surface area contributed by atoms with Gasteiger partial charge in [0.2, 0.25) is 5.91 Å². The van der Waals surface area contributed by atoms with E-state index in [1.165, 1.54) is 12.8 Å². The number of nitrogens with one attached hydrogen (secondary N) is 1. The lowest BCUT2D eigenvalue weighted by Crippen LogP contribution is -2.25. The molecule has 1 aliphatic heterocycles. The molecule has 1 aromatic rings. The van der Waals surface area contributed by atoms with E-state index < -0.39 is 0 Å². The lowest BCUT2D eigenvalue weighted by Gasteiger charge is -2.20. The molecular formula is C13H21N4O. The molecule has 1 aromatic heterocycles. The van der Waals surface area contributed by atoms with Gasteiger partial charge in [-0.3, -0.25) is 9.48 Å². The lowest BCUT2D eigenvalue weighted by atomic mass is 9.94. The zero-order valence-electron chi connectivity index (χ0n) is 11.1. The molecule has 1 aliphatic rings. The Hall–Kier alpha value is -1.36. The summed E-state index contributed by atoms with van der Waals surface area (Å²) < 4.78 is 1.70. The second-order valence-corrected chi connectivity index (χ2v) is 5.02. The molecule has 2 heterocycles. The minimum Gasteiger partial charge on any atom is -0.311 e. The first-order valence-corrected chi connectivity index (χ1v) is 6.59. The highest BCUT2D eigenvalue weighted by atomic mass is 16.1. The number of amides is 1. The van der Waals surface area contributed by atoms with Crippen molar-refractivity contribution in [1.82, 2.24) is 15.1 Å². The van der Waals surface area contributed by atoms with Gasteiger partial charge in [-0.2, -0.15) is 5.10 Å². The third-order valence-corrected chi connectivity index (χ3v) is 3.37. The van der Waals surface area contributed by atoms with E-state index in [4.69, 9.17) is 0 Å². The summed E-state index contributed by atoms with van der Waals surface area (Å²) in [4.78, 5) is 11.8. The first kappa shape index (κ1) is 13.1. The fourth-order valence-corrected chi connectivity index (χ4v) is 2.36. The monoisotopic (exact) mass is 249 g/mol. The van der Waals surface area contributed by atoms with Crippen LogP contribution in [0, 0.1) is 12.8 Å². The fourth-order valence-electron chi connectivity index (χ4n) is 2.36. The van der Waals surface area contributed by atoms with Gasteiger partial charge < -0.3 is 5.32 Å². The Bertz CT molecular complexity index is 407. The van der Waals surface area contributed by atoms with Gasteiger partial charge >= 0.3 is 0 Å². The van der Waals surface area contributed by atoms with Crippen molar-refractivity contribution in [2.24, 2.45) is 13.0 Å². The number of rotatable bonds is 4. The van der Waals surface area contributed by atoms with Crippen molar-refractivity contribution in [1.29, 1.82) is 0 Å². The van der Waals surface area contributed by atoms with E-state index in [-0.39, 0.29) is 5.91 Å². The molecule has 1 saturated heterocycles. The van der Waals surface area contributed by atoms with Crippen LogP contribution in [-0.4, -0.2) is 28.8 Å². The van der Waals surface area contributed by atoms with Gasteiger partial charge in [-0.05, 0) is 32.1 Å². The average molecular weight is 249 g/mol. The molecule has 0 aromatic carbocycles. The van der Waals surface area contributed by atoms with E-state index in [2.05, 4.69) is 15.7 Å². The van der Waals surface area contributed by atoms with Crippen molar-refractivity contribution < 1.29 is 4.79 Å². The zero-order valence-corrected chi connectivity index (χ0v) is 11.1. The number of hydrogen-bond donors (Lipinski definition) is 1. The van der Waals surface area contributed by atoms with Crippen LogP contribution in [0.5, 0.6) is 0 Å². The van der Waals surface area contributed by atoms with Crippen LogP contribution in [-0.2, 0) is 11.8 Å². The van der Waals surface area contributed by atoms with Crippen molar-refractivity contribution in [3.8, 4) is 0 Å². The van der Waals surface area contributed by atoms with E-state index in [1.54, 1.807) is 4.68 Å². The minimum atomic E-state index is 0.0728. The van der Waals surface area contributed by atoms with Crippen LogP contribution in [0.25, 0.3) is 0 Å². The second kappa shape index (κ2) is 6.00. The molecule has 5 nitrogen and oxygen atoms in total. The summed E-state index contributed by atoms with van der Waals surface area (Å²) in [5, 5.41) is 11.5. The summed E-state index contributed by atoms with van der Waals surface area (Å²) in [6.45, 7) is 3.84. The number of carbonyl (C=O) groups excluding carboxylic acids is 1. The maximum Gasteiger partial charge on any atom is 0.225 e. The zero-order chi connectivity index (χ0) is 13.0. The Morgan fingerprint density at radius 2 is 2.44 bits per heavy atom. The summed E-state index contributed by atoms with van der Waals surface area (Å²) in [5.41, 5.74) is 0.916. The van der Waals surface area contributed by atoms with Gasteiger partial charge in [0.05, 0.1) is 5.69 Å². The number of hydrogen-bond acceptors (Lipinski definition) is 2. The summed E-state index contributed by atoms with van der Waals surface area (Å²) in [6, 6.07) is 1.88. The van der Waals surface area contributed by atoms with Crippen LogP contribution in [0.2, 0.25) is 0 Å². The average Bonchev–Trinajstić information content (AvgIpc) is 2.67. The van der Waals surface area contributed by atoms with Crippen molar-refractivity contribution in [2.45, 2.75) is 32.6 Å². The standard InChI is InChI=1S/C13H21N4O/c1-10-8-12(17(2)16-10)15-13(18)6-5-11-4-3-7-14-9-11/h8,11H,3-7,9H2,1-2H3,(H,15,18). The van der Waals surface area contributed by atoms with E-state index in [9.17, 15) is 4.79 Å². The number of aryl methyl sites for hydroxylation is 2. The summed E-state index contributed by atoms with van der Waals surface area (Å²) in [7, 11) is 1.84. The molecule has 2 rings (SSSR count). The van der Waals surface area contributed by atoms with Crippen LogP contribution in [0.15, 0.2) is 6.07 Å². The molecule has 0 bridgehead atoms. The Balaban J connectivity index is 1.76. The van der Waals surface area contributed by atoms with Crippen LogP contribution < -0.4 is 10.6 Å². The lowest BCUT2D eigenvalue weighted by molar-refractivity contribution is -0.116. The molecule has 99 valence electrons. The molecule has 1 fully saturated rings. The van der Waals surface area contributed by atoms with E-state index in [0.29, 0.717) is 12.3 Å². The molecule has 1 unspecified atom stereocenters. The Labute approximate surface area is 108 Å². The van der Waals surface area contributed by atoms with Crippen LogP contribution >= 0.6 is 0 Å². The molecule has 0 saturated carbocycles. The third-order valence-electron chi connectivity index (χ3n) is 3.37. The van der Waals surface area contributed by atoms with E-state index >= 15 is 0 Å². The number of nitrogens with zero attached hydrogens (tertiary/aromatic N) is 3. The van der Waals surface area contributed by atoms with Crippen LogP contribution in [0.4, 0.5) is 5.82 Å². The number of anilines is 1. The quantitative estimate of drug-likeness (QED) is 0.878. The van der Waals surface area contributed by atoms with Gasteiger partial charge in [0, 0.05) is 32.6 Å². The SMILES string of the molecule is Cc1cc(NC(=O)CCC2CCC[N]C2)n(C)n1. The van der Waals surface area contributed by atoms with Crippen molar-refractivity contribution in [3.05, 3.63) is 11.8 Å². The number of piperidine rings is 1. The molecule has 1 radical (unpaired) electrons. The van der Waals surface area contributed by atoms with Crippen LogP contribution in [0.1, 0.15) is 31.4 Å². The highest BCUT2D eigenvalue weighted by molar-refractivity contribution is 5.89. The maximum absolute atomic E-state index is 11.8. The largest absolute Gasteiger partial charge is 0.311 e. The molecule has 18 heavy (non-hydrogen) atoms. The molecular weight excluding hydrogens is 228 g/mol. The second-order valence-electron chi connectivity index (χ2n) is 5.02. The summed E-state index contributed by atoms with van der Waals surface area (Å²) >= 11 is 0. The predicted octanol–water partition coefficient (Wildman–Crippen LogP) is 1.46. The van der Waals surface area contributed by atoms with Gasteiger partial charge in [0.15, 0.2) is 0 Å². The number of aromatic nitrogens is 2. The third kappa shape index (κ3) is 3.57. The first-order valence-electron chi connectivity index (χ1n) is 6.59. The van der Waals surface area contributed by atoms with Crippen molar-refractivity contribution in [3.63, 3.8) is 0 Å². The summed E-state index contributed by atoms with van der Waals surface area (Å²) in [6.07, 6.45) is 3.89. The van der Waals surface area contributed by atoms with Gasteiger partial charge in [-0.1, -0.05) is 0 Å². The Morgan fingerprint density at radius 1 is 1.61 bits per heavy atom. The molecule has 1 amide bonds. The molecule has 1 N–H and O–H groups in total. The topological polar surface area (TPSA) is 61.0 Å². The van der Waals surface area contributed by atoms with Gasteiger partial charge in [0.25, 0.3) is 0 Å². The van der Waals surface area contributed by atoms with Crippen molar-refractivity contribution >= 4 is 11.7 Å². The molecule has 1 atom stereocenters. The smallest absolute Gasteiger partial charge is 0.225 e. The molecule has 5 heteroatoms. The van der Waals surface area contributed by atoms with E-state index in [1.807, 2.05) is 20.0 Å². The van der Waals surface area contributed by atoms with Crippen LogP contribution in [0.3, 0.4) is 0 Å². The minimum absolute atomic E-state index is 0.0728. The molecule has 0 aliphatic carbocycles. The first-order chi connectivity index (χ1) is 8.65. The highest BCUT2D eigenvalue weighted by Gasteiger charge is 2.15. The summed E-state index contributed by atoms with van der Waals surface area (Å²) in [5.74, 6) is 1.44. The van der Waals surface area contributed by atoms with E-state index in [0.717, 1.165) is 31.0 Å². The fraction of sp³-hybridized carbons (Fsp3) is 0.692. The van der Waals surface area contributed by atoms with Gasteiger partial charge in [-0.25, -0.2) is 5.32 Å². The maximum atomic E-state index is 11.8. The normalized spacial score (nSPS) is 19.8. The highest BCUT2D eigenvalue weighted by Crippen LogP contribution is 2.17. The van der Waals surface area contributed by atoms with Gasteiger partial charge in [0.1, 0.15) is 5.82 Å².